The molecule has 4 atom stereocenters. The van der Waals surface area contributed by atoms with Gasteiger partial charge in [0.25, 0.3) is 0 Å². The summed E-state index contributed by atoms with van der Waals surface area (Å²) in [6, 6.07) is 0. The Balaban J connectivity index is 1.19. The molecule has 4 fully saturated rings. The summed E-state index contributed by atoms with van der Waals surface area (Å²) in [6.45, 7) is 0. The van der Waals surface area contributed by atoms with Crippen molar-refractivity contribution in [3.8, 4) is 0 Å². The van der Waals surface area contributed by atoms with Gasteiger partial charge in [0, 0.05) is 0 Å². The normalized spacial score (nSPS) is 30.8. The van der Waals surface area contributed by atoms with Crippen LogP contribution < -0.4 is 0 Å². The predicted molar refractivity (Wildman–Crippen MR) is 159 cm³/mol. The Hall–Kier alpha value is 5.26. The van der Waals surface area contributed by atoms with E-state index in [4.69, 9.17) is 0 Å². The van der Waals surface area contributed by atoms with Crippen molar-refractivity contribution >= 4 is 154 Å². The second-order valence-electron chi connectivity index (χ2n) is 8.09. The van der Waals surface area contributed by atoms with Gasteiger partial charge in [0.05, 0.1) is 0 Å². The summed E-state index contributed by atoms with van der Waals surface area (Å²) in [5.41, 5.74) is 0. The molecule has 4 aliphatic heterocycles. The van der Waals surface area contributed by atoms with Gasteiger partial charge in [0.2, 0.25) is 0 Å². The van der Waals surface area contributed by atoms with Gasteiger partial charge in [-0.1, -0.05) is 0 Å². The molecule has 0 saturated carbocycles. The van der Waals surface area contributed by atoms with E-state index in [1.54, 1.807) is 35.8 Å². The summed E-state index contributed by atoms with van der Waals surface area (Å²) in [4.78, 5) is 0. The summed E-state index contributed by atoms with van der Waals surface area (Å²) in [7, 11) is 0. The second kappa shape index (κ2) is 16.3. The molecule has 0 amide bonds. The van der Waals surface area contributed by atoms with Crippen molar-refractivity contribution in [1.29, 1.82) is 0 Å². The van der Waals surface area contributed by atoms with E-state index in [-0.39, 0.29) is 41.8 Å². The van der Waals surface area contributed by atoms with Gasteiger partial charge in [-0.05, 0) is 0 Å². The van der Waals surface area contributed by atoms with Crippen LogP contribution in [-0.2, 0) is 0 Å². The molecule has 0 spiro atoms. The molecule has 4 unspecified atom stereocenters. The van der Waals surface area contributed by atoms with Crippen LogP contribution in [0.2, 0.25) is 35.8 Å². The van der Waals surface area contributed by atoms with Crippen LogP contribution in [0.5, 0.6) is 0 Å². The summed E-state index contributed by atoms with van der Waals surface area (Å²) >= 11 is 15.1. The summed E-state index contributed by atoms with van der Waals surface area (Å²) in [5.74, 6) is 10.6. The SMILES string of the molecule is C(C[Te]CC1CS1)SCC(C[Te]CC1CS1)(C[Te]CC1CS1)SCC[Te]CC1CS1. The van der Waals surface area contributed by atoms with Gasteiger partial charge in [-0.25, -0.2) is 0 Å². The molecule has 0 aromatic carbocycles. The minimum atomic E-state index is 0.262. The molecule has 0 bridgehead atoms. The fraction of sp³-hybridized carbons (Fsp3) is 1.00. The maximum absolute atomic E-state index is 2.53. The minimum absolute atomic E-state index is 0.262. The van der Waals surface area contributed by atoms with E-state index >= 15 is 0 Å². The Bertz CT molecular complexity index is 468. The monoisotopic (exact) mass is 986 g/mol. The average molecular weight is 977 g/mol. The van der Waals surface area contributed by atoms with Crippen LogP contribution >= 0.6 is 70.6 Å². The maximum atomic E-state index is 2.53. The summed E-state index contributed by atoms with van der Waals surface area (Å²) in [6.07, 6.45) is 0. The Morgan fingerprint density at radius 3 is 1.53 bits per heavy atom. The van der Waals surface area contributed by atoms with Crippen LogP contribution in [0.1, 0.15) is 0 Å². The van der Waals surface area contributed by atoms with Crippen molar-refractivity contribution in [3.63, 3.8) is 0 Å². The molecule has 4 heterocycles. The van der Waals surface area contributed by atoms with E-state index in [1.807, 2.05) is 0 Å². The van der Waals surface area contributed by atoms with Gasteiger partial charge in [-0.3, -0.25) is 0 Å². The molecule has 0 aromatic rings. The van der Waals surface area contributed by atoms with Crippen LogP contribution in [0.15, 0.2) is 0 Å². The molecule has 4 rings (SSSR count). The van der Waals surface area contributed by atoms with E-state index in [0.29, 0.717) is 41.8 Å². The van der Waals surface area contributed by atoms with E-state index < -0.39 is 0 Å². The Morgan fingerprint density at radius 1 is 0.633 bits per heavy atom. The third-order valence-electron chi connectivity index (χ3n) is 4.93. The van der Waals surface area contributed by atoms with Gasteiger partial charge in [-0.2, -0.15) is 0 Å². The van der Waals surface area contributed by atoms with Crippen LogP contribution in [0, 0.1) is 0 Å². The second-order valence-corrected chi connectivity index (χ2v) is 28.5. The van der Waals surface area contributed by atoms with Crippen molar-refractivity contribution in [2.75, 3.05) is 40.3 Å². The average Bonchev–Trinajstić information content (AvgIpc) is 3.53. The van der Waals surface area contributed by atoms with Crippen LogP contribution in [0.3, 0.4) is 0 Å². The number of thioether (sulfide) groups is 6. The molecule has 10 heteroatoms. The van der Waals surface area contributed by atoms with E-state index in [0.717, 1.165) is 25.7 Å². The van der Waals surface area contributed by atoms with Crippen molar-refractivity contribution < 1.29 is 0 Å². The zero-order valence-corrected chi connectivity index (χ0v) is 31.7. The van der Waals surface area contributed by atoms with Gasteiger partial charge < -0.3 is 0 Å². The van der Waals surface area contributed by atoms with Crippen LogP contribution in [0.4, 0.5) is 0 Å². The van der Waals surface area contributed by atoms with E-state index in [2.05, 4.69) is 70.6 Å². The zero-order chi connectivity index (χ0) is 20.5. The van der Waals surface area contributed by atoms with Gasteiger partial charge in [0.15, 0.2) is 0 Å². The quantitative estimate of drug-likeness (QED) is 0.0804. The number of hydrogen-bond acceptors (Lipinski definition) is 6. The van der Waals surface area contributed by atoms with Crippen LogP contribution in [0.25, 0.3) is 0 Å². The van der Waals surface area contributed by atoms with Crippen molar-refractivity contribution in [2.24, 2.45) is 0 Å². The first-order chi connectivity index (χ1) is 14.8. The molecule has 4 saturated heterocycles. The molecule has 0 aliphatic carbocycles. The Kier molecular flexibility index (Phi) is 15.3. The number of hydrogen-bond donors (Lipinski definition) is 0. The van der Waals surface area contributed by atoms with Gasteiger partial charge in [0.1, 0.15) is 0 Å². The van der Waals surface area contributed by atoms with E-state index in [1.165, 1.54) is 40.3 Å². The fourth-order valence-corrected chi connectivity index (χ4v) is 31.9. The molecule has 0 nitrogen and oxygen atoms in total. The molecular weight excluding hydrogens is 943 g/mol. The third kappa shape index (κ3) is 13.7. The summed E-state index contributed by atoms with van der Waals surface area (Å²) in [5, 5.41) is 4.44. The van der Waals surface area contributed by atoms with E-state index in [9.17, 15) is 0 Å². The molecule has 0 radical (unpaired) electrons. The third-order valence-corrected chi connectivity index (χ3v) is 31.5. The Labute approximate surface area is 251 Å². The Morgan fingerprint density at radius 2 is 1.07 bits per heavy atom. The standard InChI is InChI=1S/C20H34S6Te4/c1(3-27-9-16-5-22-16)21-13-20(14-29-11-18-7-24-18,15-30-12-19-8-25-19)26-2-4-28-10-17-6-23-17/h16-19H,1-15H2. The van der Waals surface area contributed by atoms with Crippen molar-refractivity contribution in [2.45, 2.75) is 61.5 Å². The predicted octanol–water partition coefficient (Wildman–Crippen LogP) is 5.82. The molecule has 0 aromatic heterocycles. The van der Waals surface area contributed by atoms with Gasteiger partial charge >= 0.3 is 256 Å². The molecule has 0 N–H and O–H groups in total. The van der Waals surface area contributed by atoms with Crippen molar-refractivity contribution in [1.82, 2.24) is 0 Å². The first kappa shape index (κ1) is 28.3. The molecule has 4 aliphatic rings. The number of rotatable bonds is 21. The zero-order valence-electron chi connectivity index (χ0n) is 17.5. The summed E-state index contributed by atoms with van der Waals surface area (Å²) < 4.78 is 13.9. The van der Waals surface area contributed by atoms with Gasteiger partial charge in [-0.15, -0.1) is 0 Å². The van der Waals surface area contributed by atoms with Crippen molar-refractivity contribution in [3.05, 3.63) is 0 Å². The first-order valence-corrected chi connectivity index (χ1v) is 30.3. The fourth-order valence-electron chi connectivity index (χ4n) is 2.78. The molecule has 174 valence electrons. The molecule has 30 heavy (non-hydrogen) atoms. The topological polar surface area (TPSA) is 0 Å². The molecular formula is C20H34S6Te4. The van der Waals surface area contributed by atoms with Crippen LogP contribution in [-0.4, -0.2) is 150 Å². The first-order valence-electron chi connectivity index (χ1n) is 10.8.